The number of carbonyl (C=O) groups excluding carboxylic acids is 2. The van der Waals surface area contributed by atoms with Gasteiger partial charge in [-0.2, -0.15) is 5.10 Å². The van der Waals surface area contributed by atoms with Gasteiger partial charge < -0.3 is 10.6 Å². The SMILES string of the molecule is CC(=O)Nc1cccc([C@@H](C)C(=O)Nc2cc(-c3cnn4c3CC(C)(C)C4)c(Cl)cn2)c1. The molecular weight excluding hydrogens is 426 g/mol. The topological polar surface area (TPSA) is 88.9 Å². The Bertz CT molecular complexity index is 1200. The van der Waals surface area contributed by atoms with Gasteiger partial charge in [0.2, 0.25) is 11.8 Å². The highest BCUT2D eigenvalue weighted by Gasteiger charge is 2.32. The molecule has 2 amide bonds. The molecule has 32 heavy (non-hydrogen) atoms. The maximum absolute atomic E-state index is 12.9. The van der Waals surface area contributed by atoms with Crippen LogP contribution in [0.1, 0.15) is 44.9 Å². The zero-order chi connectivity index (χ0) is 23.0. The molecule has 3 aromatic rings. The van der Waals surface area contributed by atoms with Gasteiger partial charge in [0.05, 0.1) is 17.1 Å². The summed E-state index contributed by atoms with van der Waals surface area (Å²) < 4.78 is 2.02. The van der Waals surface area contributed by atoms with Gasteiger partial charge in [0.25, 0.3) is 0 Å². The molecule has 1 aromatic carbocycles. The fourth-order valence-corrected chi connectivity index (χ4v) is 4.27. The zero-order valence-corrected chi connectivity index (χ0v) is 19.3. The zero-order valence-electron chi connectivity index (χ0n) is 18.6. The summed E-state index contributed by atoms with van der Waals surface area (Å²) in [6.07, 6.45) is 4.29. The normalized spacial score (nSPS) is 15.2. The summed E-state index contributed by atoms with van der Waals surface area (Å²) in [5.41, 5.74) is 4.50. The average molecular weight is 452 g/mol. The first-order chi connectivity index (χ1) is 15.1. The number of hydrogen-bond acceptors (Lipinski definition) is 4. The minimum absolute atomic E-state index is 0.149. The van der Waals surface area contributed by atoms with Crippen LogP contribution < -0.4 is 10.6 Å². The van der Waals surface area contributed by atoms with E-state index in [9.17, 15) is 9.59 Å². The van der Waals surface area contributed by atoms with Crippen molar-refractivity contribution < 1.29 is 9.59 Å². The van der Waals surface area contributed by atoms with E-state index in [0.29, 0.717) is 16.5 Å². The van der Waals surface area contributed by atoms with E-state index in [2.05, 4.69) is 34.6 Å². The summed E-state index contributed by atoms with van der Waals surface area (Å²) >= 11 is 6.47. The first-order valence-corrected chi connectivity index (χ1v) is 10.9. The number of nitrogens with one attached hydrogen (secondary N) is 2. The number of fused-ring (bicyclic) bond motifs is 1. The van der Waals surface area contributed by atoms with Crippen molar-refractivity contribution in [2.75, 3.05) is 10.6 Å². The molecular formula is C24H26ClN5O2. The molecule has 166 valence electrons. The molecule has 0 saturated heterocycles. The fraction of sp³-hybridized carbons (Fsp3) is 0.333. The number of aromatic nitrogens is 3. The molecule has 0 bridgehead atoms. The second kappa shape index (κ2) is 8.39. The van der Waals surface area contributed by atoms with Crippen LogP contribution in [0.2, 0.25) is 5.02 Å². The minimum Gasteiger partial charge on any atom is -0.326 e. The van der Waals surface area contributed by atoms with Crippen molar-refractivity contribution in [3.8, 4) is 11.1 Å². The van der Waals surface area contributed by atoms with Crippen LogP contribution in [0, 0.1) is 5.41 Å². The van der Waals surface area contributed by atoms with Crippen molar-refractivity contribution in [1.82, 2.24) is 14.8 Å². The molecule has 0 spiro atoms. The predicted octanol–water partition coefficient (Wildman–Crippen LogP) is 4.88. The van der Waals surface area contributed by atoms with E-state index in [4.69, 9.17) is 11.6 Å². The second-order valence-corrected chi connectivity index (χ2v) is 9.48. The van der Waals surface area contributed by atoms with Gasteiger partial charge in [-0.15, -0.1) is 0 Å². The van der Waals surface area contributed by atoms with Gasteiger partial charge in [0, 0.05) is 42.2 Å². The lowest BCUT2D eigenvalue weighted by Gasteiger charge is -2.15. The Morgan fingerprint density at radius 1 is 1.16 bits per heavy atom. The lowest BCUT2D eigenvalue weighted by Crippen LogP contribution is -2.19. The Morgan fingerprint density at radius 3 is 2.69 bits per heavy atom. The number of benzene rings is 1. The third-order valence-electron chi connectivity index (χ3n) is 5.67. The summed E-state index contributed by atoms with van der Waals surface area (Å²) in [5, 5.41) is 10.7. The fourth-order valence-electron chi connectivity index (χ4n) is 4.06. The van der Waals surface area contributed by atoms with E-state index in [1.165, 1.54) is 6.92 Å². The van der Waals surface area contributed by atoms with Crippen LogP contribution in [0.3, 0.4) is 0 Å². The van der Waals surface area contributed by atoms with Crippen LogP contribution in [-0.2, 0) is 22.6 Å². The monoisotopic (exact) mass is 451 g/mol. The van der Waals surface area contributed by atoms with Crippen molar-refractivity contribution in [1.29, 1.82) is 0 Å². The number of amides is 2. The quantitative estimate of drug-likeness (QED) is 0.578. The molecule has 8 heteroatoms. The van der Waals surface area contributed by atoms with Gasteiger partial charge >= 0.3 is 0 Å². The maximum Gasteiger partial charge on any atom is 0.232 e. The Morgan fingerprint density at radius 2 is 1.94 bits per heavy atom. The molecule has 1 aliphatic heterocycles. The second-order valence-electron chi connectivity index (χ2n) is 9.07. The van der Waals surface area contributed by atoms with Crippen LogP contribution in [0.15, 0.2) is 42.7 Å². The third-order valence-corrected chi connectivity index (χ3v) is 5.97. The van der Waals surface area contributed by atoms with Gasteiger partial charge in [-0.05, 0) is 42.5 Å². The Kier molecular flexibility index (Phi) is 5.77. The first kappa shape index (κ1) is 22.0. The Balaban J connectivity index is 1.55. The molecule has 0 fully saturated rings. The standard InChI is InChI=1S/C24H26ClN5O2/c1-14(16-6-5-7-17(8-16)28-15(2)31)23(32)29-22-9-18(20(25)12-26-22)19-11-27-30-13-24(3,4)10-21(19)30/h5-9,11-12,14H,10,13H2,1-4H3,(H,28,31)(H,26,29,32)/t14-/m1/s1. The highest BCUT2D eigenvalue weighted by molar-refractivity contribution is 6.33. The number of hydrogen-bond donors (Lipinski definition) is 2. The number of anilines is 2. The number of pyridine rings is 1. The Hall–Kier alpha value is -3.19. The van der Waals surface area contributed by atoms with Gasteiger partial charge in [0.15, 0.2) is 0 Å². The molecule has 4 rings (SSSR count). The van der Waals surface area contributed by atoms with Crippen molar-refractivity contribution in [3.63, 3.8) is 0 Å². The molecule has 1 aliphatic rings. The lowest BCUT2D eigenvalue weighted by molar-refractivity contribution is -0.117. The Labute approximate surface area is 192 Å². The van der Waals surface area contributed by atoms with Crippen molar-refractivity contribution in [2.24, 2.45) is 5.41 Å². The average Bonchev–Trinajstić information content (AvgIpc) is 3.23. The minimum atomic E-state index is -0.439. The summed E-state index contributed by atoms with van der Waals surface area (Å²) in [4.78, 5) is 28.5. The lowest BCUT2D eigenvalue weighted by atomic mass is 9.89. The summed E-state index contributed by atoms with van der Waals surface area (Å²) in [5.74, 6) is -0.374. The molecule has 0 unspecified atom stereocenters. The van der Waals surface area contributed by atoms with Crippen LogP contribution >= 0.6 is 11.6 Å². The number of rotatable bonds is 5. The van der Waals surface area contributed by atoms with Gasteiger partial charge in [-0.3, -0.25) is 14.3 Å². The van der Waals surface area contributed by atoms with Crippen molar-refractivity contribution >= 4 is 34.9 Å². The van der Waals surface area contributed by atoms with E-state index in [-0.39, 0.29) is 17.2 Å². The number of halogens is 1. The summed E-state index contributed by atoms with van der Waals surface area (Å²) in [6.45, 7) is 8.56. The van der Waals surface area contributed by atoms with E-state index in [1.807, 2.05) is 29.9 Å². The first-order valence-electron chi connectivity index (χ1n) is 10.5. The van der Waals surface area contributed by atoms with Crippen LogP contribution in [0.5, 0.6) is 0 Å². The van der Waals surface area contributed by atoms with Gasteiger partial charge in [-0.1, -0.05) is 37.6 Å². The highest BCUT2D eigenvalue weighted by atomic mass is 35.5. The molecule has 3 heterocycles. The van der Waals surface area contributed by atoms with E-state index < -0.39 is 5.92 Å². The smallest absolute Gasteiger partial charge is 0.232 e. The van der Waals surface area contributed by atoms with Gasteiger partial charge in [0.1, 0.15) is 5.82 Å². The van der Waals surface area contributed by atoms with E-state index >= 15 is 0 Å². The molecule has 0 radical (unpaired) electrons. The summed E-state index contributed by atoms with van der Waals surface area (Å²) in [7, 11) is 0. The number of nitrogens with zero attached hydrogens (tertiary/aromatic N) is 3. The highest BCUT2D eigenvalue weighted by Crippen LogP contribution is 2.39. The molecule has 1 atom stereocenters. The third kappa shape index (κ3) is 4.53. The van der Waals surface area contributed by atoms with Crippen LogP contribution in [-0.4, -0.2) is 26.6 Å². The summed E-state index contributed by atoms with van der Waals surface area (Å²) in [6, 6.07) is 9.04. The molecule has 7 nitrogen and oxygen atoms in total. The van der Waals surface area contributed by atoms with Crippen molar-refractivity contribution in [3.05, 3.63) is 59.0 Å². The largest absolute Gasteiger partial charge is 0.326 e. The van der Waals surface area contributed by atoms with Crippen molar-refractivity contribution in [2.45, 2.75) is 46.6 Å². The van der Waals surface area contributed by atoms with Crippen LogP contribution in [0.25, 0.3) is 11.1 Å². The maximum atomic E-state index is 12.9. The number of carbonyl (C=O) groups is 2. The molecule has 0 saturated carbocycles. The van der Waals surface area contributed by atoms with E-state index in [1.54, 1.807) is 24.4 Å². The molecule has 0 aliphatic carbocycles. The van der Waals surface area contributed by atoms with E-state index in [0.717, 1.165) is 35.3 Å². The predicted molar refractivity (Wildman–Crippen MR) is 126 cm³/mol. The molecule has 2 aromatic heterocycles. The molecule has 2 N–H and O–H groups in total. The van der Waals surface area contributed by atoms with Gasteiger partial charge in [-0.25, -0.2) is 4.98 Å². The van der Waals surface area contributed by atoms with Crippen LogP contribution in [0.4, 0.5) is 11.5 Å².